The van der Waals surface area contributed by atoms with Crippen LogP contribution in [-0.4, -0.2) is 133 Å². The minimum Gasteiger partial charge on any atom is -0.480 e. The van der Waals surface area contributed by atoms with Crippen molar-refractivity contribution in [1.82, 2.24) is 25.8 Å². The average Bonchev–Trinajstić information content (AvgIpc) is 3.50. The Hall–Kier alpha value is -3.59. The highest BCUT2D eigenvalue weighted by Gasteiger charge is 2.45. The summed E-state index contributed by atoms with van der Waals surface area (Å²) < 4.78 is 11.7. The van der Waals surface area contributed by atoms with Crippen LogP contribution in [0.25, 0.3) is 0 Å². The summed E-state index contributed by atoms with van der Waals surface area (Å²) in [5.74, 6) is -3.85. The van der Waals surface area contributed by atoms with Crippen LogP contribution < -0.4 is 16.0 Å². The Labute approximate surface area is 315 Å². The van der Waals surface area contributed by atoms with Gasteiger partial charge in [-0.15, -0.1) is 0 Å². The maximum atomic E-state index is 14.2. The molecule has 300 valence electrons. The van der Waals surface area contributed by atoms with Gasteiger partial charge in [-0.05, 0) is 36.8 Å². The van der Waals surface area contributed by atoms with E-state index in [-0.39, 0.29) is 61.3 Å². The number of β-amino-alcohol motifs (C(OH)–C–C–N with tert-alkyl or cyclic N) is 1. The molecule has 1 heterocycles. The highest BCUT2D eigenvalue weighted by atomic mass is 16.5. The molecule has 0 radical (unpaired) electrons. The van der Waals surface area contributed by atoms with Gasteiger partial charge in [-0.2, -0.15) is 0 Å². The molecule has 1 fully saturated rings. The van der Waals surface area contributed by atoms with Crippen molar-refractivity contribution < 1.29 is 43.7 Å². The first-order valence-corrected chi connectivity index (χ1v) is 18.8. The maximum absolute atomic E-state index is 14.2. The molecule has 14 nitrogen and oxygen atoms in total. The fourth-order valence-corrected chi connectivity index (χ4v) is 7.40. The minimum absolute atomic E-state index is 0.00157. The van der Waals surface area contributed by atoms with Crippen molar-refractivity contribution in [3.05, 3.63) is 35.9 Å². The van der Waals surface area contributed by atoms with Crippen LogP contribution in [0.3, 0.4) is 0 Å². The van der Waals surface area contributed by atoms with Crippen molar-refractivity contribution in [1.29, 1.82) is 0 Å². The molecule has 1 aromatic carbocycles. The fraction of sp³-hybridized carbons (Fsp3) is 0.718. The molecule has 53 heavy (non-hydrogen) atoms. The fourth-order valence-electron chi connectivity index (χ4n) is 7.40. The van der Waals surface area contributed by atoms with E-state index in [2.05, 4.69) is 16.0 Å². The number of hydrogen-bond acceptors (Lipinski definition) is 9. The largest absolute Gasteiger partial charge is 0.480 e. The first kappa shape index (κ1) is 45.6. The van der Waals surface area contributed by atoms with E-state index in [1.807, 2.05) is 47.6 Å². The molecular weight excluding hydrogens is 682 g/mol. The van der Waals surface area contributed by atoms with E-state index >= 15 is 0 Å². The first-order chi connectivity index (χ1) is 24.9. The van der Waals surface area contributed by atoms with E-state index in [1.54, 1.807) is 50.2 Å². The molecule has 0 aliphatic carbocycles. The summed E-state index contributed by atoms with van der Waals surface area (Å²) in [5, 5.41) is 29.2. The quantitative estimate of drug-likeness (QED) is 0.125. The number of likely N-dealkylation sites (N-methyl/N-ethyl adjacent to an activating group) is 2. The van der Waals surface area contributed by atoms with Gasteiger partial charge in [-0.3, -0.25) is 19.2 Å². The zero-order valence-corrected chi connectivity index (χ0v) is 33.5. The normalized spacial score (nSPS) is 20.5. The summed E-state index contributed by atoms with van der Waals surface area (Å²) in [6.07, 6.45) is -1.70. The number of amides is 4. The number of carbonyl (C=O) groups excluding carboxylic acids is 4. The summed E-state index contributed by atoms with van der Waals surface area (Å²) in [6, 6.07) is 5.26. The summed E-state index contributed by atoms with van der Waals surface area (Å²) in [6.45, 7) is 13.2. The van der Waals surface area contributed by atoms with Crippen molar-refractivity contribution in [2.24, 2.45) is 23.7 Å². The SMILES string of the molecule is CC[C@H](C)[C@@H]([C@@H](CC(=O)N1C[C@H](O)C[C@H]1[C@H](OC)[C@@H](C)C(=O)N[C@@H](Cc1ccccc1)C(=O)O)OC)N(C)C(=O)[C@@H](NC(=O)[C@@H](NC)C(C)C)C(C)C. The summed E-state index contributed by atoms with van der Waals surface area (Å²) in [5.41, 5.74) is 0.751. The molecule has 5 N–H and O–H groups in total. The van der Waals surface area contributed by atoms with E-state index in [4.69, 9.17) is 9.47 Å². The Morgan fingerprint density at radius 3 is 2.02 bits per heavy atom. The van der Waals surface area contributed by atoms with Crippen molar-refractivity contribution >= 4 is 29.6 Å². The number of nitrogens with zero attached hydrogens (tertiary/aromatic N) is 2. The zero-order valence-electron chi connectivity index (χ0n) is 33.5. The number of hydrogen-bond donors (Lipinski definition) is 5. The van der Waals surface area contributed by atoms with Gasteiger partial charge in [0, 0.05) is 34.2 Å². The number of aliphatic hydroxyl groups excluding tert-OH is 1. The monoisotopic (exact) mass is 747 g/mol. The molecule has 0 bridgehead atoms. The topological polar surface area (TPSA) is 187 Å². The summed E-state index contributed by atoms with van der Waals surface area (Å²) in [4.78, 5) is 70.1. The molecule has 0 unspecified atom stereocenters. The van der Waals surface area contributed by atoms with Crippen LogP contribution in [-0.2, 0) is 39.9 Å². The van der Waals surface area contributed by atoms with Gasteiger partial charge in [0.2, 0.25) is 23.6 Å². The lowest BCUT2D eigenvalue weighted by Gasteiger charge is -2.41. The Morgan fingerprint density at radius 2 is 1.53 bits per heavy atom. The number of carbonyl (C=O) groups is 5. The Bertz CT molecular complexity index is 1350. The maximum Gasteiger partial charge on any atom is 0.326 e. The number of benzene rings is 1. The number of aliphatic carboxylic acids is 1. The second-order valence-corrected chi connectivity index (χ2v) is 15.1. The lowest BCUT2D eigenvalue weighted by atomic mass is 9.89. The Kier molecular flexibility index (Phi) is 18.3. The van der Waals surface area contributed by atoms with Crippen LogP contribution in [0.15, 0.2) is 30.3 Å². The molecule has 1 saturated heterocycles. The van der Waals surface area contributed by atoms with Crippen LogP contribution in [0.5, 0.6) is 0 Å². The molecule has 1 aromatic rings. The number of methoxy groups -OCH3 is 2. The predicted molar refractivity (Wildman–Crippen MR) is 202 cm³/mol. The molecule has 0 saturated carbocycles. The average molecular weight is 748 g/mol. The van der Waals surface area contributed by atoms with Crippen LogP contribution >= 0.6 is 0 Å². The highest BCUT2D eigenvalue weighted by Crippen LogP contribution is 2.30. The standard InChI is InChI=1S/C39H65N5O9/c1-12-24(6)34(43(9)38(49)33(23(4)5)42-37(48)32(40-8)22(2)3)30(52-10)20-31(46)44-21-27(45)19-29(44)35(53-11)25(7)36(47)41-28(39(50)51)18-26-16-14-13-15-17-26/h13-17,22-25,27-30,32-35,40,45H,12,18-21H2,1-11H3,(H,41,47)(H,42,48)(H,50,51)/t24-,25+,27+,28-,29-,30+,32-,33-,34-,35+/m0/s1. The van der Waals surface area contributed by atoms with Gasteiger partial charge in [0.1, 0.15) is 12.1 Å². The predicted octanol–water partition coefficient (Wildman–Crippen LogP) is 2.07. The van der Waals surface area contributed by atoms with Gasteiger partial charge in [0.25, 0.3) is 0 Å². The molecule has 4 amide bonds. The smallest absolute Gasteiger partial charge is 0.326 e. The van der Waals surface area contributed by atoms with Crippen LogP contribution in [0, 0.1) is 23.7 Å². The van der Waals surface area contributed by atoms with Crippen molar-refractivity contribution in [3.63, 3.8) is 0 Å². The van der Waals surface area contributed by atoms with E-state index in [0.29, 0.717) is 6.42 Å². The number of likely N-dealkylation sites (tertiary alicyclic amines) is 1. The number of aliphatic hydroxyl groups is 1. The molecule has 0 spiro atoms. The van der Waals surface area contributed by atoms with Gasteiger partial charge in [-0.25, -0.2) is 4.79 Å². The number of carboxylic acid groups (broad SMARTS) is 1. The molecule has 1 aliphatic rings. The molecule has 10 atom stereocenters. The molecule has 2 rings (SSSR count). The molecular formula is C39H65N5O9. The van der Waals surface area contributed by atoms with Crippen LogP contribution in [0.1, 0.15) is 73.3 Å². The Morgan fingerprint density at radius 1 is 0.925 bits per heavy atom. The van der Waals surface area contributed by atoms with E-state index in [1.165, 1.54) is 19.1 Å². The van der Waals surface area contributed by atoms with Gasteiger partial charge >= 0.3 is 5.97 Å². The third-order valence-electron chi connectivity index (χ3n) is 10.7. The lowest BCUT2D eigenvalue weighted by Crippen LogP contribution is -2.59. The summed E-state index contributed by atoms with van der Waals surface area (Å²) in [7, 11) is 6.28. The van der Waals surface area contributed by atoms with Crippen molar-refractivity contribution in [2.45, 2.75) is 123 Å². The number of ether oxygens (including phenoxy) is 2. The van der Waals surface area contributed by atoms with Crippen molar-refractivity contribution in [3.8, 4) is 0 Å². The summed E-state index contributed by atoms with van der Waals surface area (Å²) >= 11 is 0. The third kappa shape index (κ3) is 12.2. The van der Waals surface area contributed by atoms with Gasteiger partial charge in [0.15, 0.2) is 0 Å². The molecule has 14 heteroatoms. The zero-order chi connectivity index (χ0) is 40.2. The molecule has 1 aliphatic heterocycles. The number of nitrogens with one attached hydrogen (secondary N) is 3. The lowest BCUT2D eigenvalue weighted by molar-refractivity contribution is -0.148. The van der Waals surface area contributed by atoms with E-state index in [9.17, 15) is 34.2 Å². The highest BCUT2D eigenvalue weighted by molar-refractivity contribution is 5.90. The van der Waals surface area contributed by atoms with Crippen LogP contribution in [0.2, 0.25) is 0 Å². The second kappa shape index (κ2) is 21.3. The number of rotatable bonds is 21. The third-order valence-corrected chi connectivity index (χ3v) is 10.7. The van der Waals surface area contributed by atoms with Gasteiger partial charge in [-0.1, -0.05) is 85.2 Å². The minimum atomic E-state index is -1.18. The Balaban J connectivity index is 2.31. The second-order valence-electron chi connectivity index (χ2n) is 15.1. The van der Waals surface area contributed by atoms with Gasteiger partial charge in [0.05, 0.1) is 48.8 Å². The van der Waals surface area contributed by atoms with Crippen molar-refractivity contribution in [2.75, 3.05) is 34.9 Å². The van der Waals surface area contributed by atoms with E-state index in [0.717, 1.165) is 5.56 Å². The number of carboxylic acids is 1. The van der Waals surface area contributed by atoms with Gasteiger partial charge < -0.3 is 45.4 Å². The first-order valence-electron chi connectivity index (χ1n) is 18.8. The van der Waals surface area contributed by atoms with E-state index < -0.39 is 66.3 Å². The van der Waals surface area contributed by atoms with Crippen LogP contribution in [0.4, 0.5) is 0 Å². The molecule has 0 aromatic heterocycles.